The fraction of sp³-hybridized carbons (Fsp3) is 0.643. The van der Waals surface area contributed by atoms with E-state index in [1.165, 1.54) is 0 Å². The molecule has 0 bridgehead atoms. The Hall–Kier alpha value is -4.27. The van der Waals surface area contributed by atoms with Gasteiger partial charge in [-0.3, -0.25) is 33.5 Å². The fourth-order valence-corrected chi connectivity index (χ4v) is 5.19. The highest BCUT2D eigenvalue weighted by Crippen LogP contribution is 2.48. The molecule has 0 saturated carbocycles. The molecule has 0 aliphatic carbocycles. The summed E-state index contributed by atoms with van der Waals surface area (Å²) in [6, 6.07) is 3.61. The van der Waals surface area contributed by atoms with Crippen LogP contribution in [-0.4, -0.2) is 105 Å². The Morgan fingerprint density at radius 2 is 1.35 bits per heavy atom. The van der Waals surface area contributed by atoms with Crippen LogP contribution < -0.4 is 0 Å². The molecular weight excluding hydrogens is 790 g/mol. The van der Waals surface area contributed by atoms with E-state index in [-0.39, 0.29) is 0 Å². The number of para-hydroxylation sites is 1. The second-order valence-electron chi connectivity index (χ2n) is 11.0. The van der Waals surface area contributed by atoms with E-state index < -0.39 is 137 Å². The molecule has 0 N–H and O–H groups in total. The maximum absolute atomic E-state index is 14.5. The predicted octanol–water partition coefficient (Wildman–Crippen LogP) is 3.75. The maximum atomic E-state index is 14.5. The van der Waals surface area contributed by atoms with Gasteiger partial charge in [0.25, 0.3) is 5.69 Å². The van der Waals surface area contributed by atoms with Crippen LogP contribution in [0, 0.1) is 10.1 Å². The lowest BCUT2D eigenvalue weighted by Crippen LogP contribution is -2.63. The number of halogens is 8. The summed E-state index contributed by atoms with van der Waals surface area (Å²) < 4.78 is 176. The van der Waals surface area contributed by atoms with Gasteiger partial charge in [-0.2, -0.15) is 43.5 Å². The third-order valence-corrected chi connectivity index (χ3v) is 8.05. The van der Waals surface area contributed by atoms with Gasteiger partial charge < -0.3 is 28.4 Å². The Balaban J connectivity index is 2.22. The van der Waals surface area contributed by atoms with Crippen molar-refractivity contribution in [3.8, 4) is 0 Å². The molecule has 0 amide bonds. The van der Waals surface area contributed by atoms with Crippen molar-refractivity contribution in [3.63, 3.8) is 0 Å². The van der Waals surface area contributed by atoms with E-state index in [0.717, 1.165) is 52.0 Å². The Labute approximate surface area is 299 Å². The van der Waals surface area contributed by atoms with Crippen molar-refractivity contribution in [2.24, 2.45) is 0 Å². The Kier molecular flexibility index (Phi) is 15.2. The Bertz CT molecular complexity index is 1650. The SMILES string of the molecule is CC(=O)OCC1O[C@@H](OCCCC(F)(F)C(F)(F)OC(F)(F)C(F)(F)S(=O)(=O)OCc2ccccc2[N+](=O)[O-])C(OC(C)=O)[C@@H](OC(C)=O)[C@H]1OC(C)=O. The molecular formula is C28H31F8NO16S. The number of carbonyl (C=O) groups is 4. The molecule has 5 atom stereocenters. The van der Waals surface area contributed by atoms with Gasteiger partial charge in [-0.05, 0) is 12.5 Å². The van der Waals surface area contributed by atoms with Gasteiger partial charge >= 0.3 is 57.4 Å². The molecule has 1 aromatic carbocycles. The van der Waals surface area contributed by atoms with Gasteiger partial charge in [0.1, 0.15) is 12.7 Å². The highest BCUT2D eigenvalue weighted by atomic mass is 32.2. The Morgan fingerprint density at radius 3 is 1.89 bits per heavy atom. The largest absolute Gasteiger partial charge is 0.463 e. The van der Waals surface area contributed by atoms with E-state index in [2.05, 4.69) is 8.92 Å². The van der Waals surface area contributed by atoms with Gasteiger partial charge in [-0.25, -0.2) is 4.74 Å². The lowest BCUT2D eigenvalue weighted by atomic mass is 9.98. The molecule has 1 heterocycles. The monoisotopic (exact) mass is 821 g/mol. The number of alkyl halides is 8. The molecule has 2 unspecified atom stereocenters. The van der Waals surface area contributed by atoms with E-state index in [1.807, 2.05) is 0 Å². The van der Waals surface area contributed by atoms with Gasteiger partial charge in [0.2, 0.25) is 0 Å². The predicted molar refractivity (Wildman–Crippen MR) is 155 cm³/mol. The molecule has 306 valence electrons. The molecule has 1 aliphatic rings. The number of hydrogen-bond acceptors (Lipinski definition) is 16. The summed E-state index contributed by atoms with van der Waals surface area (Å²) in [5.74, 6) is -9.85. The zero-order valence-electron chi connectivity index (χ0n) is 28.1. The summed E-state index contributed by atoms with van der Waals surface area (Å²) in [4.78, 5) is 56.8. The average Bonchev–Trinajstić information content (AvgIpc) is 3.02. The second-order valence-corrected chi connectivity index (χ2v) is 12.7. The first-order valence-corrected chi connectivity index (χ1v) is 16.3. The molecule has 0 spiro atoms. The van der Waals surface area contributed by atoms with Crippen molar-refractivity contribution in [2.45, 2.75) is 101 Å². The van der Waals surface area contributed by atoms with Gasteiger partial charge in [-0.1, -0.05) is 12.1 Å². The van der Waals surface area contributed by atoms with Gasteiger partial charge in [0, 0.05) is 40.2 Å². The number of carbonyl (C=O) groups excluding carboxylic acids is 4. The quantitative estimate of drug-likeness (QED) is 0.0369. The molecule has 2 rings (SSSR count). The number of nitrogens with zero attached hydrogens (tertiary/aromatic N) is 1. The van der Waals surface area contributed by atoms with Crippen molar-refractivity contribution in [1.82, 2.24) is 0 Å². The smallest absolute Gasteiger partial charge is 0.460 e. The Morgan fingerprint density at radius 1 is 0.815 bits per heavy atom. The summed E-state index contributed by atoms with van der Waals surface area (Å²) in [5.41, 5.74) is -1.66. The van der Waals surface area contributed by atoms with Gasteiger partial charge in [-0.15, -0.1) is 0 Å². The van der Waals surface area contributed by atoms with Crippen LogP contribution in [0.15, 0.2) is 24.3 Å². The first-order chi connectivity index (χ1) is 24.7. The number of esters is 4. The molecule has 17 nitrogen and oxygen atoms in total. The van der Waals surface area contributed by atoms with Crippen molar-refractivity contribution in [2.75, 3.05) is 13.2 Å². The molecule has 26 heteroatoms. The summed E-state index contributed by atoms with van der Waals surface area (Å²) in [7, 11) is -7.03. The summed E-state index contributed by atoms with van der Waals surface area (Å²) in [6.07, 6.45) is -25.8. The van der Waals surface area contributed by atoms with Crippen LogP contribution in [0.1, 0.15) is 46.1 Å². The minimum Gasteiger partial charge on any atom is -0.463 e. The van der Waals surface area contributed by atoms with Crippen molar-refractivity contribution >= 4 is 39.7 Å². The van der Waals surface area contributed by atoms with Gasteiger partial charge in [0.05, 0.1) is 23.7 Å². The molecule has 1 aromatic rings. The van der Waals surface area contributed by atoms with Crippen molar-refractivity contribution < 1.29 is 105 Å². The molecule has 0 aromatic heterocycles. The number of rotatable bonds is 19. The van der Waals surface area contributed by atoms with Crippen LogP contribution in [0.5, 0.6) is 0 Å². The van der Waals surface area contributed by atoms with Crippen LogP contribution in [0.3, 0.4) is 0 Å². The van der Waals surface area contributed by atoms with E-state index in [9.17, 15) is 72.8 Å². The van der Waals surface area contributed by atoms with E-state index in [0.29, 0.717) is 0 Å². The number of ether oxygens (including phenoxy) is 7. The van der Waals surface area contributed by atoms with Crippen molar-refractivity contribution in [3.05, 3.63) is 39.9 Å². The highest BCUT2D eigenvalue weighted by Gasteiger charge is 2.74. The van der Waals surface area contributed by atoms with Crippen molar-refractivity contribution in [1.29, 1.82) is 0 Å². The summed E-state index contributed by atoms with van der Waals surface area (Å²) in [6.45, 7) is 0.00769. The third-order valence-electron chi connectivity index (χ3n) is 6.76. The minimum atomic E-state index is -7.03. The van der Waals surface area contributed by atoms with Gasteiger partial charge in [0.15, 0.2) is 24.6 Å². The topological polar surface area (TPSA) is 219 Å². The summed E-state index contributed by atoms with van der Waals surface area (Å²) >= 11 is 0. The van der Waals surface area contributed by atoms with Crippen LogP contribution in [0.25, 0.3) is 0 Å². The number of nitro groups is 1. The standard InChI is InChI=1S/C28H31F8NO16S/c1-14(38)47-13-20-21(49-15(2)39)22(50-16(3)40)23(51-17(4)41)24(52-20)46-11-7-10-25(29,30)26(31,32)53-27(33,34)28(35,36)54(44,45)48-12-18-8-5-6-9-19(18)37(42)43/h5-6,8-9,20-24H,7,10-13H2,1-4H3/t20?,21-,22-,23?,24+/m0/s1. The fourth-order valence-electron chi connectivity index (χ4n) is 4.43. The zero-order chi connectivity index (χ0) is 41.4. The zero-order valence-corrected chi connectivity index (χ0v) is 29.0. The van der Waals surface area contributed by atoms with Crippen LogP contribution in [0.4, 0.5) is 40.8 Å². The first-order valence-electron chi connectivity index (χ1n) is 14.9. The first kappa shape index (κ1) is 45.9. The van der Waals surface area contributed by atoms with E-state index in [1.54, 1.807) is 0 Å². The molecule has 1 saturated heterocycles. The lowest BCUT2D eigenvalue weighted by molar-refractivity contribution is -0.457. The molecule has 1 fully saturated rings. The highest BCUT2D eigenvalue weighted by molar-refractivity contribution is 7.87. The second kappa shape index (κ2) is 17.9. The number of nitro benzene ring substituents is 1. The van der Waals surface area contributed by atoms with E-state index >= 15 is 0 Å². The molecule has 54 heavy (non-hydrogen) atoms. The van der Waals surface area contributed by atoms with Crippen LogP contribution in [-0.2, 0) is 73.2 Å². The maximum Gasteiger partial charge on any atom is 0.460 e. The molecule has 0 radical (unpaired) electrons. The van der Waals surface area contributed by atoms with E-state index in [4.69, 9.17) is 28.4 Å². The van der Waals surface area contributed by atoms with Crippen LogP contribution >= 0.6 is 0 Å². The lowest BCUT2D eigenvalue weighted by Gasteiger charge is -2.44. The third kappa shape index (κ3) is 11.6. The van der Waals surface area contributed by atoms with Crippen LogP contribution in [0.2, 0.25) is 0 Å². The molecule has 1 aliphatic heterocycles. The number of hydrogen-bond donors (Lipinski definition) is 0. The normalized spacial score (nSPS) is 21.1. The minimum absolute atomic E-state index is 0.742. The average molecular weight is 822 g/mol. The number of benzene rings is 1. The summed E-state index contributed by atoms with van der Waals surface area (Å²) in [5, 5.41) is 4.23.